The Bertz CT molecular complexity index is 585. The van der Waals surface area contributed by atoms with Gasteiger partial charge in [0.25, 0.3) is 0 Å². The Morgan fingerprint density at radius 2 is 2.26 bits per heavy atom. The summed E-state index contributed by atoms with van der Waals surface area (Å²) in [5, 5.41) is 10.8. The summed E-state index contributed by atoms with van der Waals surface area (Å²) in [5.41, 5.74) is 0.789. The number of carbonyl (C=O) groups is 2. The average molecular weight is 278 g/mol. The minimum atomic E-state index is -0.944. The number of hydrogen-bond donors (Lipinski definition) is 1. The first-order valence-corrected chi connectivity index (χ1v) is 6.24. The summed E-state index contributed by atoms with van der Waals surface area (Å²) in [6.07, 6.45) is 3.28. The summed E-state index contributed by atoms with van der Waals surface area (Å²) in [5.74, 6) is -1.81. The van der Waals surface area contributed by atoms with Gasteiger partial charge in [0, 0.05) is 18.0 Å². The number of aromatic nitrogens is 3. The zero-order valence-electron chi connectivity index (χ0n) is 9.99. The monoisotopic (exact) mass is 278 g/mol. The van der Waals surface area contributed by atoms with Crippen LogP contribution in [0.25, 0.3) is 10.6 Å². The summed E-state index contributed by atoms with van der Waals surface area (Å²) in [4.78, 5) is 26.5. The minimum absolute atomic E-state index is 0.142. The smallest absolute Gasteiger partial charge is 0.397 e. The molecule has 0 spiro atoms. The topological polar surface area (TPSA) is 94.1 Å². The molecular weight excluding hydrogens is 268 g/mol. The number of pyridine rings is 1. The third-order valence-corrected chi connectivity index (χ3v) is 2.90. The summed E-state index contributed by atoms with van der Waals surface area (Å²) < 4.78 is 4.56. The largest absolute Gasteiger partial charge is 0.459 e. The zero-order chi connectivity index (χ0) is 13.7. The predicted molar refractivity (Wildman–Crippen MR) is 68.4 cm³/mol. The van der Waals surface area contributed by atoms with E-state index < -0.39 is 11.9 Å². The minimum Gasteiger partial charge on any atom is -0.459 e. The molecule has 2 aromatic heterocycles. The molecule has 7 nitrogen and oxygen atoms in total. The number of nitrogens with one attached hydrogen (secondary N) is 1. The van der Waals surface area contributed by atoms with Crippen LogP contribution < -0.4 is 5.32 Å². The summed E-state index contributed by atoms with van der Waals surface area (Å²) in [6.45, 7) is 1.76. The number of rotatable bonds is 3. The van der Waals surface area contributed by atoms with Crippen molar-refractivity contribution in [2.75, 3.05) is 11.9 Å². The van der Waals surface area contributed by atoms with Gasteiger partial charge < -0.3 is 4.74 Å². The fraction of sp³-hybridized carbons (Fsp3) is 0.182. The highest BCUT2D eigenvalue weighted by Gasteiger charge is 2.17. The second-order valence-corrected chi connectivity index (χ2v) is 4.31. The molecule has 98 valence electrons. The molecule has 1 N–H and O–H groups in total. The third-order valence-electron chi connectivity index (χ3n) is 2.01. The van der Waals surface area contributed by atoms with Gasteiger partial charge in [0.05, 0.1) is 6.61 Å². The van der Waals surface area contributed by atoms with Gasteiger partial charge >= 0.3 is 11.9 Å². The molecule has 2 rings (SSSR count). The zero-order valence-corrected chi connectivity index (χ0v) is 10.8. The van der Waals surface area contributed by atoms with Crippen molar-refractivity contribution in [1.82, 2.24) is 15.2 Å². The SMILES string of the molecule is CCOC(=O)C(=O)Nc1nnc(-c2cccnc2)s1. The van der Waals surface area contributed by atoms with Gasteiger partial charge in [-0.05, 0) is 19.1 Å². The molecule has 0 bridgehead atoms. The van der Waals surface area contributed by atoms with Gasteiger partial charge in [0.15, 0.2) is 5.01 Å². The van der Waals surface area contributed by atoms with Gasteiger partial charge in [-0.3, -0.25) is 15.1 Å². The standard InChI is InChI=1S/C11H10N4O3S/c1-2-18-10(17)8(16)13-11-15-14-9(19-11)7-4-3-5-12-6-7/h3-6H,2H2,1H3,(H,13,15,16). The van der Waals surface area contributed by atoms with Crippen molar-refractivity contribution in [3.05, 3.63) is 24.5 Å². The van der Waals surface area contributed by atoms with Gasteiger partial charge in [-0.15, -0.1) is 10.2 Å². The molecule has 0 aliphatic rings. The lowest BCUT2D eigenvalue weighted by atomic mass is 10.3. The number of hydrogen-bond acceptors (Lipinski definition) is 7. The van der Waals surface area contributed by atoms with Crippen molar-refractivity contribution in [2.24, 2.45) is 0 Å². The number of ether oxygens (including phenoxy) is 1. The van der Waals surface area contributed by atoms with Crippen LogP contribution in [0.2, 0.25) is 0 Å². The van der Waals surface area contributed by atoms with E-state index in [1.807, 2.05) is 6.07 Å². The maximum absolute atomic E-state index is 11.4. The Kier molecular flexibility index (Phi) is 4.14. The van der Waals surface area contributed by atoms with E-state index in [0.717, 1.165) is 16.9 Å². The highest BCUT2D eigenvalue weighted by Crippen LogP contribution is 2.25. The lowest BCUT2D eigenvalue weighted by Crippen LogP contribution is -2.24. The Labute approximate surface area is 112 Å². The summed E-state index contributed by atoms with van der Waals surface area (Å²) in [7, 11) is 0. The fourth-order valence-corrected chi connectivity index (χ4v) is 1.95. The van der Waals surface area contributed by atoms with Gasteiger partial charge in [-0.2, -0.15) is 0 Å². The van der Waals surface area contributed by atoms with Crippen molar-refractivity contribution in [3.63, 3.8) is 0 Å². The van der Waals surface area contributed by atoms with Crippen molar-refractivity contribution in [3.8, 4) is 10.6 Å². The first-order valence-electron chi connectivity index (χ1n) is 5.42. The van der Waals surface area contributed by atoms with E-state index in [4.69, 9.17) is 0 Å². The van der Waals surface area contributed by atoms with Crippen LogP contribution in [0.3, 0.4) is 0 Å². The van der Waals surface area contributed by atoms with Crippen LogP contribution >= 0.6 is 11.3 Å². The van der Waals surface area contributed by atoms with E-state index in [1.165, 1.54) is 0 Å². The molecule has 19 heavy (non-hydrogen) atoms. The summed E-state index contributed by atoms with van der Waals surface area (Å²) in [6, 6.07) is 3.60. The van der Waals surface area contributed by atoms with Crippen LogP contribution in [0.5, 0.6) is 0 Å². The van der Waals surface area contributed by atoms with Gasteiger partial charge in [-0.25, -0.2) is 4.79 Å². The van der Waals surface area contributed by atoms with E-state index in [0.29, 0.717) is 5.01 Å². The van der Waals surface area contributed by atoms with Gasteiger partial charge in [-0.1, -0.05) is 11.3 Å². The molecule has 2 heterocycles. The Balaban J connectivity index is 2.06. The van der Waals surface area contributed by atoms with Crippen LogP contribution in [0.15, 0.2) is 24.5 Å². The summed E-state index contributed by atoms with van der Waals surface area (Å²) >= 11 is 1.15. The molecule has 0 atom stereocenters. The molecule has 0 saturated carbocycles. The molecule has 0 unspecified atom stereocenters. The van der Waals surface area contributed by atoms with E-state index in [1.54, 1.807) is 25.4 Å². The van der Waals surface area contributed by atoms with Crippen molar-refractivity contribution >= 4 is 28.3 Å². The molecule has 0 aliphatic heterocycles. The highest BCUT2D eigenvalue weighted by molar-refractivity contribution is 7.18. The fourth-order valence-electron chi connectivity index (χ4n) is 1.22. The number of carbonyl (C=O) groups excluding carboxylic acids is 2. The molecule has 0 fully saturated rings. The normalized spacial score (nSPS) is 9.95. The Hall–Kier alpha value is -2.35. The van der Waals surface area contributed by atoms with Gasteiger partial charge in [0.1, 0.15) is 0 Å². The highest BCUT2D eigenvalue weighted by atomic mass is 32.1. The molecule has 0 radical (unpaired) electrons. The van der Waals surface area contributed by atoms with Crippen molar-refractivity contribution in [2.45, 2.75) is 6.92 Å². The van der Waals surface area contributed by atoms with E-state index in [2.05, 4.69) is 25.2 Å². The van der Waals surface area contributed by atoms with Crippen LogP contribution in [-0.2, 0) is 14.3 Å². The average Bonchev–Trinajstić information content (AvgIpc) is 2.88. The first-order chi connectivity index (χ1) is 9.20. The van der Waals surface area contributed by atoms with E-state index >= 15 is 0 Å². The first kappa shape index (κ1) is 13.1. The van der Waals surface area contributed by atoms with Crippen molar-refractivity contribution in [1.29, 1.82) is 0 Å². The third kappa shape index (κ3) is 3.32. The van der Waals surface area contributed by atoms with Crippen LogP contribution in [0.1, 0.15) is 6.92 Å². The lowest BCUT2D eigenvalue weighted by Gasteiger charge is -1.99. The number of nitrogens with zero attached hydrogens (tertiary/aromatic N) is 3. The second kappa shape index (κ2) is 6.01. The number of anilines is 1. The number of esters is 1. The van der Waals surface area contributed by atoms with Crippen molar-refractivity contribution < 1.29 is 14.3 Å². The van der Waals surface area contributed by atoms with Crippen LogP contribution in [-0.4, -0.2) is 33.7 Å². The molecule has 0 saturated heterocycles. The second-order valence-electron chi connectivity index (χ2n) is 3.33. The Morgan fingerprint density at radius 1 is 1.42 bits per heavy atom. The molecule has 0 aliphatic carbocycles. The van der Waals surface area contributed by atoms with Crippen LogP contribution in [0.4, 0.5) is 5.13 Å². The van der Waals surface area contributed by atoms with Crippen LogP contribution in [0, 0.1) is 0 Å². The van der Waals surface area contributed by atoms with E-state index in [9.17, 15) is 9.59 Å². The van der Waals surface area contributed by atoms with Gasteiger partial charge in [0.2, 0.25) is 5.13 Å². The maximum atomic E-state index is 11.4. The molecule has 0 aromatic carbocycles. The maximum Gasteiger partial charge on any atom is 0.397 e. The molecule has 8 heteroatoms. The Morgan fingerprint density at radius 3 is 2.95 bits per heavy atom. The molecule has 2 aromatic rings. The molecular formula is C11H10N4O3S. The van der Waals surface area contributed by atoms with E-state index in [-0.39, 0.29) is 11.7 Å². The predicted octanol–water partition coefficient (Wildman–Crippen LogP) is 1.10. The molecule has 1 amide bonds. The number of amides is 1. The quantitative estimate of drug-likeness (QED) is 0.667. The lowest BCUT2D eigenvalue weighted by molar-refractivity contribution is -0.152.